The van der Waals surface area contributed by atoms with E-state index in [9.17, 15) is 0 Å². The molecule has 1 unspecified atom stereocenters. The number of aromatic nitrogens is 2. The summed E-state index contributed by atoms with van der Waals surface area (Å²) >= 11 is 0. The Bertz CT molecular complexity index is 464. The Hall–Kier alpha value is -1.39. The van der Waals surface area contributed by atoms with Crippen LogP contribution in [0, 0.1) is 0 Å². The van der Waals surface area contributed by atoms with Crippen LogP contribution in [-0.2, 0) is 6.42 Å². The summed E-state index contributed by atoms with van der Waals surface area (Å²) in [5.41, 5.74) is 8.59. The first-order valence-electron chi connectivity index (χ1n) is 5.09. The van der Waals surface area contributed by atoms with Crippen LogP contribution in [0.3, 0.4) is 0 Å². The molecule has 0 radical (unpaired) electrons. The highest BCUT2D eigenvalue weighted by molar-refractivity contribution is 5.76. The summed E-state index contributed by atoms with van der Waals surface area (Å²) in [5.74, 6) is 0.972. The standard InChI is InChI=1S/C11H15N3O/c1-2-11-13-9-4-3-7(8(12)6-15)5-10(9)14-11/h3-5,8,15H,2,6,12H2,1H3,(H,13,14). The zero-order valence-corrected chi connectivity index (χ0v) is 8.70. The third kappa shape index (κ3) is 1.86. The minimum Gasteiger partial charge on any atom is -0.394 e. The second-order valence-electron chi connectivity index (χ2n) is 3.60. The molecule has 4 nitrogen and oxygen atoms in total. The van der Waals surface area contributed by atoms with Crippen molar-refractivity contribution in [3.05, 3.63) is 29.6 Å². The molecule has 80 valence electrons. The van der Waals surface area contributed by atoms with Crippen molar-refractivity contribution < 1.29 is 5.11 Å². The van der Waals surface area contributed by atoms with Gasteiger partial charge in [-0.05, 0) is 17.7 Å². The highest BCUT2D eigenvalue weighted by Crippen LogP contribution is 2.17. The Labute approximate surface area is 88.1 Å². The van der Waals surface area contributed by atoms with Crippen molar-refractivity contribution in [1.82, 2.24) is 9.97 Å². The summed E-state index contributed by atoms with van der Waals surface area (Å²) in [4.78, 5) is 7.61. The van der Waals surface area contributed by atoms with Crippen molar-refractivity contribution in [2.75, 3.05) is 6.61 Å². The zero-order valence-electron chi connectivity index (χ0n) is 8.70. The summed E-state index contributed by atoms with van der Waals surface area (Å²) in [7, 11) is 0. The van der Waals surface area contributed by atoms with Gasteiger partial charge in [-0.3, -0.25) is 0 Å². The number of aliphatic hydroxyl groups excluding tert-OH is 1. The molecule has 4 heteroatoms. The van der Waals surface area contributed by atoms with E-state index in [1.165, 1.54) is 0 Å². The second-order valence-corrected chi connectivity index (χ2v) is 3.60. The highest BCUT2D eigenvalue weighted by atomic mass is 16.3. The molecule has 0 saturated carbocycles. The molecule has 1 heterocycles. The fourth-order valence-electron chi connectivity index (χ4n) is 1.58. The van der Waals surface area contributed by atoms with Crippen molar-refractivity contribution in [3.63, 3.8) is 0 Å². The van der Waals surface area contributed by atoms with Gasteiger partial charge in [-0.15, -0.1) is 0 Å². The Morgan fingerprint density at radius 1 is 1.53 bits per heavy atom. The fraction of sp³-hybridized carbons (Fsp3) is 0.364. The smallest absolute Gasteiger partial charge is 0.106 e. The molecule has 0 amide bonds. The van der Waals surface area contributed by atoms with E-state index < -0.39 is 0 Å². The number of benzene rings is 1. The lowest BCUT2D eigenvalue weighted by Crippen LogP contribution is -2.14. The minimum absolute atomic E-state index is 0.0414. The lowest BCUT2D eigenvalue weighted by atomic mass is 10.1. The number of nitrogens with zero attached hydrogens (tertiary/aromatic N) is 1. The van der Waals surface area contributed by atoms with Crippen LogP contribution in [0.5, 0.6) is 0 Å². The number of hydrogen-bond acceptors (Lipinski definition) is 3. The molecule has 4 N–H and O–H groups in total. The van der Waals surface area contributed by atoms with Crippen LogP contribution >= 0.6 is 0 Å². The molecular formula is C11H15N3O. The van der Waals surface area contributed by atoms with Gasteiger partial charge in [0.05, 0.1) is 23.7 Å². The number of aromatic amines is 1. The normalized spacial score (nSPS) is 13.3. The van der Waals surface area contributed by atoms with E-state index in [-0.39, 0.29) is 12.6 Å². The number of nitrogens with two attached hydrogens (primary N) is 1. The predicted octanol–water partition coefficient (Wildman–Crippen LogP) is 1.12. The topological polar surface area (TPSA) is 74.9 Å². The number of H-pyrrole nitrogens is 1. The molecule has 0 saturated heterocycles. The Morgan fingerprint density at radius 3 is 3.00 bits per heavy atom. The number of imidazole rings is 1. The molecule has 0 bridgehead atoms. The van der Waals surface area contributed by atoms with Gasteiger partial charge in [0.2, 0.25) is 0 Å². The average Bonchev–Trinajstić information content (AvgIpc) is 2.69. The first kappa shape index (κ1) is 10.1. The zero-order chi connectivity index (χ0) is 10.8. The van der Waals surface area contributed by atoms with E-state index in [1.54, 1.807) is 0 Å². The molecule has 0 aliphatic heterocycles. The molecule has 2 rings (SSSR count). The maximum atomic E-state index is 8.96. The molecule has 0 fully saturated rings. The summed E-state index contributed by atoms with van der Waals surface area (Å²) in [6.07, 6.45) is 0.885. The van der Waals surface area contributed by atoms with Gasteiger partial charge in [0, 0.05) is 6.42 Å². The van der Waals surface area contributed by atoms with Crippen molar-refractivity contribution in [1.29, 1.82) is 0 Å². The quantitative estimate of drug-likeness (QED) is 0.702. The maximum Gasteiger partial charge on any atom is 0.106 e. The lowest BCUT2D eigenvalue weighted by Gasteiger charge is -2.07. The van der Waals surface area contributed by atoms with Crippen molar-refractivity contribution in [2.24, 2.45) is 5.73 Å². The largest absolute Gasteiger partial charge is 0.394 e. The van der Waals surface area contributed by atoms with Gasteiger partial charge in [-0.25, -0.2) is 4.98 Å². The number of nitrogens with one attached hydrogen (secondary N) is 1. The average molecular weight is 205 g/mol. The van der Waals surface area contributed by atoms with Crippen LogP contribution in [0.2, 0.25) is 0 Å². The fourth-order valence-corrected chi connectivity index (χ4v) is 1.58. The summed E-state index contributed by atoms with van der Waals surface area (Å²) < 4.78 is 0. The molecule has 2 aromatic rings. The summed E-state index contributed by atoms with van der Waals surface area (Å²) in [6.45, 7) is 2.01. The molecular weight excluding hydrogens is 190 g/mol. The number of hydrogen-bond donors (Lipinski definition) is 3. The Kier molecular flexibility index (Phi) is 2.70. The number of rotatable bonds is 3. The molecule has 0 aliphatic carbocycles. The van der Waals surface area contributed by atoms with Crippen molar-refractivity contribution in [3.8, 4) is 0 Å². The van der Waals surface area contributed by atoms with E-state index in [2.05, 4.69) is 16.9 Å². The van der Waals surface area contributed by atoms with E-state index in [0.29, 0.717) is 0 Å². The van der Waals surface area contributed by atoms with Crippen LogP contribution in [0.1, 0.15) is 24.4 Å². The van der Waals surface area contributed by atoms with Crippen LogP contribution in [-0.4, -0.2) is 21.7 Å². The number of aryl methyl sites for hydroxylation is 1. The first-order valence-corrected chi connectivity index (χ1v) is 5.09. The van der Waals surface area contributed by atoms with Gasteiger partial charge in [-0.1, -0.05) is 13.0 Å². The third-order valence-corrected chi connectivity index (χ3v) is 2.51. The SMILES string of the molecule is CCc1nc2ccc(C(N)CO)cc2[nH]1. The van der Waals surface area contributed by atoms with Crippen LogP contribution < -0.4 is 5.73 Å². The van der Waals surface area contributed by atoms with Crippen LogP contribution in [0.25, 0.3) is 11.0 Å². The second kappa shape index (κ2) is 4.00. The van der Waals surface area contributed by atoms with Crippen LogP contribution in [0.15, 0.2) is 18.2 Å². The maximum absolute atomic E-state index is 8.96. The minimum atomic E-state index is -0.317. The monoisotopic (exact) mass is 205 g/mol. The van der Waals surface area contributed by atoms with Gasteiger partial charge < -0.3 is 15.8 Å². The predicted molar refractivity (Wildman–Crippen MR) is 59.5 cm³/mol. The first-order chi connectivity index (χ1) is 7.24. The Morgan fingerprint density at radius 2 is 2.33 bits per heavy atom. The van der Waals surface area contributed by atoms with Crippen LogP contribution in [0.4, 0.5) is 0 Å². The van der Waals surface area contributed by atoms with Gasteiger partial charge >= 0.3 is 0 Å². The molecule has 1 aromatic heterocycles. The lowest BCUT2D eigenvalue weighted by molar-refractivity contribution is 0.268. The Balaban J connectivity index is 2.45. The van der Waals surface area contributed by atoms with Crippen molar-refractivity contribution >= 4 is 11.0 Å². The highest BCUT2D eigenvalue weighted by Gasteiger charge is 2.07. The number of fused-ring (bicyclic) bond motifs is 1. The third-order valence-electron chi connectivity index (χ3n) is 2.51. The molecule has 1 atom stereocenters. The molecule has 0 spiro atoms. The summed E-state index contributed by atoms with van der Waals surface area (Å²) in [6, 6.07) is 5.46. The van der Waals surface area contributed by atoms with Gasteiger partial charge in [0.15, 0.2) is 0 Å². The van der Waals surface area contributed by atoms with E-state index >= 15 is 0 Å². The van der Waals surface area contributed by atoms with E-state index in [1.807, 2.05) is 18.2 Å². The summed E-state index contributed by atoms with van der Waals surface area (Å²) in [5, 5.41) is 8.96. The van der Waals surface area contributed by atoms with E-state index in [4.69, 9.17) is 10.8 Å². The van der Waals surface area contributed by atoms with Gasteiger partial charge in [0.1, 0.15) is 5.82 Å². The molecule has 0 aliphatic rings. The molecule has 1 aromatic carbocycles. The number of aliphatic hydroxyl groups is 1. The van der Waals surface area contributed by atoms with Gasteiger partial charge in [-0.2, -0.15) is 0 Å². The van der Waals surface area contributed by atoms with E-state index in [0.717, 1.165) is 28.8 Å². The van der Waals surface area contributed by atoms with Crippen molar-refractivity contribution in [2.45, 2.75) is 19.4 Å². The molecule has 15 heavy (non-hydrogen) atoms. The van der Waals surface area contributed by atoms with Gasteiger partial charge in [0.25, 0.3) is 0 Å².